The SMILES string of the molecule is COc1ccc(OCC(=O)N[C@@H](C)CCc2ccccc2)cc1. The summed E-state index contributed by atoms with van der Waals surface area (Å²) < 4.78 is 10.5. The van der Waals surface area contributed by atoms with Gasteiger partial charge < -0.3 is 14.8 Å². The Balaban J connectivity index is 1.69. The van der Waals surface area contributed by atoms with E-state index >= 15 is 0 Å². The molecular formula is C19H23NO3. The lowest BCUT2D eigenvalue weighted by atomic mass is 10.1. The Bertz CT molecular complexity index is 596. The molecule has 1 amide bonds. The minimum atomic E-state index is -0.110. The predicted molar refractivity (Wildman–Crippen MR) is 90.9 cm³/mol. The van der Waals surface area contributed by atoms with Gasteiger partial charge in [-0.2, -0.15) is 0 Å². The lowest BCUT2D eigenvalue weighted by Gasteiger charge is -2.14. The molecule has 0 aliphatic carbocycles. The van der Waals surface area contributed by atoms with Gasteiger partial charge in [-0.1, -0.05) is 30.3 Å². The Kier molecular flexibility index (Phi) is 6.48. The average Bonchev–Trinajstić information content (AvgIpc) is 2.59. The van der Waals surface area contributed by atoms with E-state index in [1.165, 1.54) is 5.56 Å². The second-order valence-electron chi connectivity index (χ2n) is 5.46. The van der Waals surface area contributed by atoms with Crippen LogP contribution in [-0.2, 0) is 11.2 Å². The molecule has 0 radical (unpaired) electrons. The van der Waals surface area contributed by atoms with Crippen molar-refractivity contribution in [2.45, 2.75) is 25.8 Å². The Labute approximate surface area is 137 Å². The summed E-state index contributed by atoms with van der Waals surface area (Å²) in [6, 6.07) is 17.5. The number of nitrogens with one attached hydrogen (secondary N) is 1. The number of carbonyl (C=O) groups excluding carboxylic acids is 1. The quantitative estimate of drug-likeness (QED) is 0.814. The van der Waals surface area contributed by atoms with Gasteiger partial charge in [-0.25, -0.2) is 0 Å². The number of aryl methyl sites for hydroxylation is 1. The molecule has 0 bridgehead atoms. The van der Waals surface area contributed by atoms with Gasteiger partial charge in [-0.15, -0.1) is 0 Å². The van der Waals surface area contributed by atoms with Gasteiger partial charge >= 0.3 is 0 Å². The second-order valence-corrected chi connectivity index (χ2v) is 5.46. The number of amides is 1. The van der Waals surface area contributed by atoms with Crippen molar-refractivity contribution in [1.82, 2.24) is 5.32 Å². The highest BCUT2D eigenvalue weighted by Crippen LogP contribution is 2.16. The monoisotopic (exact) mass is 313 g/mol. The summed E-state index contributed by atoms with van der Waals surface area (Å²) in [5.74, 6) is 1.30. The third kappa shape index (κ3) is 6.02. The normalized spacial score (nSPS) is 11.6. The van der Waals surface area contributed by atoms with Crippen LogP contribution in [0.25, 0.3) is 0 Å². The molecule has 4 heteroatoms. The highest BCUT2D eigenvalue weighted by Gasteiger charge is 2.08. The van der Waals surface area contributed by atoms with Crippen LogP contribution in [0, 0.1) is 0 Å². The van der Waals surface area contributed by atoms with Crippen molar-refractivity contribution < 1.29 is 14.3 Å². The molecule has 2 aromatic carbocycles. The van der Waals surface area contributed by atoms with Gasteiger partial charge in [0, 0.05) is 6.04 Å². The largest absolute Gasteiger partial charge is 0.497 e. The first-order chi connectivity index (χ1) is 11.2. The fourth-order valence-electron chi connectivity index (χ4n) is 2.24. The summed E-state index contributed by atoms with van der Waals surface area (Å²) in [5, 5.41) is 2.95. The fourth-order valence-corrected chi connectivity index (χ4v) is 2.24. The maximum absolute atomic E-state index is 11.9. The minimum absolute atomic E-state index is 0.0159. The molecule has 4 nitrogen and oxygen atoms in total. The summed E-state index contributed by atoms with van der Waals surface area (Å²) in [4.78, 5) is 11.9. The van der Waals surface area contributed by atoms with Gasteiger partial charge in [-0.3, -0.25) is 4.79 Å². The zero-order valence-electron chi connectivity index (χ0n) is 13.6. The maximum atomic E-state index is 11.9. The smallest absolute Gasteiger partial charge is 0.258 e. The maximum Gasteiger partial charge on any atom is 0.258 e. The van der Waals surface area contributed by atoms with Crippen molar-refractivity contribution in [3.8, 4) is 11.5 Å². The van der Waals surface area contributed by atoms with Crippen molar-refractivity contribution in [3.63, 3.8) is 0 Å². The number of ether oxygens (including phenoxy) is 2. The van der Waals surface area contributed by atoms with Crippen LogP contribution in [0.5, 0.6) is 11.5 Å². The van der Waals surface area contributed by atoms with E-state index in [0.29, 0.717) is 5.75 Å². The minimum Gasteiger partial charge on any atom is -0.497 e. The van der Waals surface area contributed by atoms with Crippen molar-refractivity contribution in [2.24, 2.45) is 0 Å². The van der Waals surface area contributed by atoms with Crippen LogP contribution in [-0.4, -0.2) is 25.7 Å². The Morgan fingerprint density at radius 1 is 1.04 bits per heavy atom. The molecule has 1 atom stereocenters. The Morgan fingerprint density at radius 2 is 1.70 bits per heavy atom. The van der Waals surface area contributed by atoms with Crippen molar-refractivity contribution in [1.29, 1.82) is 0 Å². The molecule has 122 valence electrons. The van der Waals surface area contributed by atoms with Gasteiger partial charge in [0.05, 0.1) is 7.11 Å². The molecule has 2 aromatic rings. The van der Waals surface area contributed by atoms with Gasteiger partial charge in [0.15, 0.2) is 6.61 Å². The summed E-state index contributed by atoms with van der Waals surface area (Å²) >= 11 is 0. The molecule has 0 aliphatic heterocycles. The van der Waals surface area contributed by atoms with E-state index in [4.69, 9.17) is 9.47 Å². The zero-order valence-corrected chi connectivity index (χ0v) is 13.6. The molecule has 0 heterocycles. The van der Waals surface area contributed by atoms with E-state index in [0.717, 1.165) is 18.6 Å². The van der Waals surface area contributed by atoms with Crippen LogP contribution in [0.2, 0.25) is 0 Å². The molecule has 0 saturated carbocycles. The second kappa shape index (κ2) is 8.83. The van der Waals surface area contributed by atoms with Gasteiger partial charge in [0.1, 0.15) is 11.5 Å². The van der Waals surface area contributed by atoms with Crippen molar-refractivity contribution in [2.75, 3.05) is 13.7 Å². The Hall–Kier alpha value is -2.49. The van der Waals surface area contributed by atoms with Crippen LogP contribution in [0.3, 0.4) is 0 Å². The average molecular weight is 313 g/mol. The van der Waals surface area contributed by atoms with E-state index in [1.54, 1.807) is 31.4 Å². The summed E-state index contributed by atoms with van der Waals surface area (Å²) in [7, 11) is 1.61. The van der Waals surface area contributed by atoms with Gasteiger partial charge in [0.2, 0.25) is 0 Å². The molecule has 0 fully saturated rings. The van der Waals surface area contributed by atoms with Crippen LogP contribution >= 0.6 is 0 Å². The lowest BCUT2D eigenvalue weighted by molar-refractivity contribution is -0.123. The van der Waals surface area contributed by atoms with Crippen LogP contribution < -0.4 is 14.8 Å². The van der Waals surface area contributed by atoms with Gasteiger partial charge in [-0.05, 0) is 49.6 Å². The highest BCUT2D eigenvalue weighted by molar-refractivity contribution is 5.77. The number of rotatable bonds is 8. The van der Waals surface area contributed by atoms with E-state index < -0.39 is 0 Å². The van der Waals surface area contributed by atoms with Crippen LogP contribution in [0.4, 0.5) is 0 Å². The van der Waals surface area contributed by atoms with E-state index in [-0.39, 0.29) is 18.6 Å². The highest BCUT2D eigenvalue weighted by atomic mass is 16.5. The third-order valence-electron chi connectivity index (χ3n) is 3.55. The summed E-state index contributed by atoms with van der Waals surface area (Å²) in [6.07, 6.45) is 1.85. The third-order valence-corrected chi connectivity index (χ3v) is 3.55. The van der Waals surface area contributed by atoms with Crippen molar-refractivity contribution >= 4 is 5.91 Å². The van der Waals surface area contributed by atoms with Crippen LogP contribution in [0.15, 0.2) is 54.6 Å². The molecule has 1 N–H and O–H groups in total. The summed E-state index contributed by atoms with van der Waals surface area (Å²) in [6.45, 7) is 2.02. The fraction of sp³-hybridized carbons (Fsp3) is 0.316. The molecule has 2 rings (SSSR count). The predicted octanol–water partition coefficient (Wildman–Crippen LogP) is 3.21. The molecule has 0 unspecified atom stereocenters. The topological polar surface area (TPSA) is 47.6 Å². The first kappa shape index (κ1) is 16.9. The number of methoxy groups -OCH3 is 1. The summed E-state index contributed by atoms with van der Waals surface area (Å²) in [5.41, 5.74) is 1.28. The first-order valence-corrected chi connectivity index (χ1v) is 7.77. The lowest BCUT2D eigenvalue weighted by Crippen LogP contribution is -2.36. The molecule has 0 aromatic heterocycles. The van der Waals surface area contributed by atoms with E-state index in [9.17, 15) is 4.79 Å². The number of carbonyl (C=O) groups is 1. The number of benzene rings is 2. The van der Waals surface area contributed by atoms with Gasteiger partial charge in [0.25, 0.3) is 5.91 Å². The molecule has 0 saturated heterocycles. The number of hydrogen-bond acceptors (Lipinski definition) is 3. The first-order valence-electron chi connectivity index (χ1n) is 7.77. The molecule has 23 heavy (non-hydrogen) atoms. The Morgan fingerprint density at radius 3 is 2.35 bits per heavy atom. The van der Waals surface area contributed by atoms with E-state index in [1.807, 2.05) is 25.1 Å². The van der Waals surface area contributed by atoms with Crippen LogP contribution in [0.1, 0.15) is 18.9 Å². The van der Waals surface area contributed by atoms with E-state index in [2.05, 4.69) is 17.4 Å². The van der Waals surface area contributed by atoms with Crippen molar-refractivity contribution in [3.05, 3.63) is 60.2 Å². The standard InChI is InChI=1S/C19H23NO3/c1-15(8-9-16-6-4-3-5-7-16)20-19(21)14-23-18-12-10-17(22-2)11-13-18/h3-7,10-13,15H,8-9,14H2,1-2H3,(H,20,21)/t15-/m0/s1. The molecule has 0 aliphatic rings. The molecular weight excluding hydrogens is 290 g/mol. The molecule has 0 spiro atoms. The zero-order chi connectivity index (χ0) is 16.5. The number of hydrogen-bond donors (Lipinski definition) is 1.